The van der Waals surface area contributed by atoms with E-state index in [1.165, 1.54) is 18.4 Å². The van der Waals surface area contributed by atoms with Crippen LogP contribution in [-0.2, 0) is 4.74 Å². The normalized spacial score (nSPS) is 22.3. The van der Waals surface area contributed by atoms with E-state index in [9.17, 15) is 0 Å². The van der Waals surface area contributed by atoms with Gasteiger partial charge in [-0.3, -0.25) is 4.90 Å². The van der Waals surface area contributed by atoms with E-state index >= 15 is 0 Å². The summed E-state index contributed by atoms with van der Waals surface area (Å²) in [6.07, 6.45) is 5.15. The first-order chi connectivity index (χ1) is 8.78. The summed E-state index contributed by atoms with van der Waals surface area (Å²) >= 11 is 0. The summed E-state index contributed by atoms with van der Waals surface area (Å²) < 4.78 is 5.56. The molecule has 1 heterocycles. The summed E-state index contributed by atoms with van der Waals surface area (Å²) in [4.78, 5) is 2.45. The average molecular weight is 254 g/mol. The van der Waals surface area contributed by atoms with Crippen LogP contribution in [-0.4, -0.2) is 61.5 Å². The molecule has 0 bridgehead atoms. The summed E-state index contributed by atoms with van der Waals surface area (Å²) in [6, 6.07) is 0.763. The third kappa shape index (κ3) is 5.06. The number of nitrogens with one attached hydrogen (secondary N) is 1. The van der Waals surface area contributed by atoms with Gasteiger partial charge in [-0.15, -0.1) is 0 Å². The molecule has 2 fully saturated rings. The predicted octanol–water partition coefficient (Wildman–Crippen LogP) is 0.768. The zero-order chi connectivity index (χ0) is 12.8. The van der Waals surface area contributed by atoms with Crippen LogP contribution in [0, 0.1) is 0 Å². The maximum atomic E-state index is 8.72. The van der Waals surface area contributed by atoms with E-state index in [0.717, 1.165) is 45.1 Å². The molecule has 0 aromatic heterocycles. The Balaban J connectivity index is 1.55. The van der Waals surface area contributed by atoms with Gasteiger partial charge in [0.15, 0.2) is 0 Å². The first-order valence-electron chi connectivity index (χ1n) is 7.13. The topological polar surface area (TPSA) is 44.7 Å². The van der Waals surface area contributed by atoms with Gasteiger partial charge in [0.25, 0.3) is 0 Å². The summed E-state index contributed by atoms with van der Waals surface area (Å²) in [6.45, 7) is 8.89. The van der Waals surface area contributed by atoms with Crippen molar-refractivity contribution < 1.29 is 9.84 Å². The second-order valence-corrected chi connectivity index (χ2v) is 5.48. The molecule has 0 unspecified atom stereocenters. The van der Waals surface area contributed by atoms with E-state index in [4.69, 9.17) is 9.84 Å². The first-order valence-corrected chi connectivity index (χ1v) is 7.13. The molecule has 0 aromatic rings. The van der Waals surface area contributed by atoms with E-state index < -0.39 is 0 Å². The molecule has 0 atom stereocenters. The smallest absolute Gasteiger partial charge is 0.0701 e. The maximum absolute atomic E-state index is 8.72. The molecule has 1 aliphatic heterocycles. The van der Waals surface area contributed by atoms with E-state index in [-0.39, 0.29) is 6.61 Å². The van der Waals surface area contributed by atoms with E-state index in [1.54, 1.807) is 0 Å². The minimum atomic E-state index is 0.129. The van der Waals surface area contributed by atoms with Gasteiger partial charge < -0.3 is 15.2 Å². The first kappa shape index (κ1) is 14.0. The molecule has 1 saturated carbocycles. The summed E-state index contributed by atoms with van der Waals surface area (Å²) in [5, 5.41) is 12.2. The van der Waals surface area contributed by atoms with Crippen molar-refractivity contribution in [2.45, 2.75) is 37.8 Å². The Morgan fingerprint density at radius 2 is 2.00 bits per heavy atom. The Hall–Kier alpha value is -0.420. The molecule has 4 nitrogen and oxygen atoms in total. The fraction of sp³-hybridized carbons (Fsp3) is 0.857. The molecular formula is C14H26N2O2. The number of aliphatic hydroxyl groups excluding tert-OH is 1. The number of aliphatic hydroxyl groups is 1. The Kier molecular flexibility index (Phi) is 5.63. The van der Waals surface area contributed by atoms with Crippen molar-refractivity contribution in [1.82, 2.24) is 10.2 Å². The monoisotopic (exact) mass is 254 g/mol. The van der Waals surface area contributed by atoms with Gasteiger partial charge in [0.05, 0.1) is 19.3 Å². The van der Waals surface area contributed by atoms with Gasteiger partial charge in [0.2, 0.25) is 0 Å². The van der Waals surface area contributed by atoms with Crippen LogP contribution < -0.4 is 5.32 Å². The highest BCUT2D eigenvalue weighted by atomic mass is 16.5. The molecule has 2 N–H and O–H groups in total. The minimum Gasteiger partial charge on any atom is -0.394 e. The number of nitrogens with zero attached hydrogens (tertiary/aromatic N) is 1. The number of hydrogen-bond donors (Lipinski definition) is 2. The van der Waals surface area contributed by atoms with Gasteiger partial charge in [-0.05, 0) is 31.3 Å². The van der Waals surface area contributed by atoms with Crippen LogP contribution in [0.15, 0.2) is 12.2 Å². The van der Waals surface area contributed by atoms with Crippen molar-refractivity contribution >= 4 is 0 Å². The van der Waals surface area contributed by atoms with E-state index in [0.29, 0.717) is 12.7 Å². The van der Waals surface area contributed by atoms with Gasteiger partial charge in [-0.25, -0.2) is 0 Å². The lowest BCUT2D eigenvalue weighted by atomic mass is 10.1. The predicted molar refractivity (Wildman–Crippen MR) is 72.7 cm³/mol. The van der Waals surface area contributed by atoms with Gasteiger partial charge in [0.1, 0.15) is 0 Å². The van der Waals surface area contributed by atoms with Crippen molar-refractivity contribution in [3.63, 3.8) is 0 Å². The Morgan fingerprint density at radius 3 is 2.61 bits per heavy atom. The number of likely N-dealkylation sites (tertiary alicyclic amines) is 1. The molecule has 0 spiro atoms. The second kappa shape index (κ2) is 7.24. The molecule has 104 valence electrons. The van der Waals surface area contributed by atoms with Crippen LogP contribution in [0.1, 0.15) is 25.7 Å². The number of rotatable bonds is 8. The van der Waals surface area contributed by atoms with Gasteiger partial charge >= 0.3 is 0 Å². The molecule has 1 saturated heterocycles. The van der Waals surface area contributed by atoms with Gasteiger partial charge in [-0.1, -0.05) is 6.58 Å². The number of piperidine rings is 1. The zero-order valence-electron chi connectivity index (χ0n) is 11.2. The van der Waals surface area contributed by atoms with Crippen molar-refractivity contribution in [3.05, 3.63) is 12.2 Å². The third-order valence-corrected chi connectivity index (χ3v) is 3.64. The van der Waals surface area contributed by atoms with E-state index in [2.05, 4.69) is 16.8 Å². The molecule has 0 aromatic carbocycles. The summed E-state index contributed by atoms with van der Waals surface area (Å²) in [5.41, 5.74) is 1.29. The van der Waals surface area contributed by atoms with Gasteiger partial charge in [-0.2, -0.15) is 0 Å². The molecule has 1 aliphatic carbocycles. The Labute approximate surface area is 110 Å². The fourth-order valence-corrected chi connectivity index (χ4v) is 2.40. The maximum Gasteiger partial charge on any atom is 0.0701 e. The van der Waals surface area contributed by atoms with Gasteiger partial charge in [0, 0.05) is 32.2 Å². The Bertz CT molecular complexity index is 259. The molecular weight excluding hydrogens is 228 g/mol. The molecule has 4 heteroatoms. The lowest BCUT2D eigenvalue weighted by Gasteiger charge is -2.32. The third-order valence-electron chi connectivity index (χ3n) is 3.64. The van der Waals surface area contributed by atoms with Crippen molar-refractivity contribution in [1.29, 1.82) is 0 Å². The lowest BCUT2D eigenvalue weighted by Crippen LogP contribution is -2.39. The SMILES string of the molecule is C=C(CNC1CC1)CN1CCC(OCCO)CC1. The quantitative estimate of drug-likeness (QED) is 0.628. The second-order valence-electron chi connectivity index (χ2n) is 5.48. The molecule has 18 heavy (non-hydrogen) atoms. The Morgan fingerprint density at radius 1 is 1.28 bits per heavy atom. The number of ether oxygens (including phenoxy) is 1. The van der Waals surface area contributed by atoms with Crippen molar-refractivity contribution in [2.75, 3.05) is 39.4 Å². The summed E-state index contributed by atoms with van der Waals surface area (Å²) in [5.74, 6) is 0. The molecule has 2 rings (SSSR count). The van der Waals surface area contributed by atoms with Crippen LogP contribution in [0.4, 0.5) is 0 Å². The molecule has 0 amide bonds. The van der Waals surface area contributed by atoms with Crippen LogP contribution in [0.2, 0.25) is 0 Å². The minimum absolute atomic E-state index is 0.129. The largest absolute Gasteiger partial charge is 0.394 e. The van der Waals surface area contributed by atoms with Crippen LogP contribution in [0.5, 0.6) is 0 Å². The fourth-order valence-electron chi connectivity index (χ4n) is 2.40. The van der Waals surface area contributed by atoms with Crippen LogP contribution in [0.3, 0.4) is 0 Å². The number of hydrogen-bond acceptors (Lipinski definition) is 4. The average Bonchev–Trinajstić information content (AvgIpc) is 3.20. The highest BCUT2D eigenvalue weighted by Gasteiger charge is 2.22. The summed E-state index contributed by atoms with van der Waals surface area (Å²) in [7, 11) is 0. The highest BCUT2D eigenvalue weighted by Crippen LogP contribution is 2.19. The van der Waals surface area contributed by atoms with Crippen molar-refractivity contribution in [2.24, 2.45) is 0 Å². The zero-order valence-corrected chi connectivity index (χ0v) is 11.2. The standard InChI is InChI=1S/C14H26N2O2/c1-12(10-15-13-2-3-13)11-16-6-4-14(5-7-16)18-9-8-17/h13-15,17H,1-11H2. The van der Waals surface area contributed by atoms with Crippen molar-refractivity contribution in [3.8, 4) is 0 Å². The van der Waals surface area contributed by atoms with E-state index in [1.807, 2.05) is 0 Å². The highest BCUT2D eigenvalue weighted by molar-refractivity contribution is 5.02. The molecule has 0 radical (unpaired) electrons. The van der Waals surface area contributed by atoms with Crippen LogP contribution in [0.25, 0.3) is 0 Å². The lowest BCUT2D eigenvalue weighted by molar-refractivity contribution is -0.00631. The molecule has 2 aliphatic rings. The van der Waals surface area contributed by atoms with Crippen LogP contribution >= 0.6 is 0 Å².